The van der Waals surface area contributed by atoms with E-state index in [1.807, 2.05) is 48.5 Å². The number of esters is 1. The first-order valence-corrected chi connectivity index (χ1v) is 7.59. The second-order valence-corrected chi connectivity index (χ2v) is 5.34. The summed E-state index contributed by atoms with van der Waals surface area (Å²) in [5.41, 5.74) is 1.90. The molecule has 0 aromatic heterocycles. The highest BCUT2D eigenvalue weighted by Gasteiger charge is 2.12. The molecular formula is C17H17BrO3. The Hall–Kier alpha value is -1.81. The largest absolute Gasteiger partial charge is 0.487 e. The fourth-order valence-corrected chi connectivity index (χ4v) is 2.47. The minimum absolute atomic E-state index is 0.206. The lowest BCUT2D eigenvalue weighted by Crippen LogP contribution is -2.09. The van der Waals surface area contributed by atoms with Crippen LogP contribution >= 0.6 is 15.9 Å². The van der Waals surface area contributed by atoms with E-state index in [4.69, 9.17) is 9.47 Å². The number of rotatable bonds is 6. The first-order valence-electron chi connectivity index (χ1n) is 6.80. The Morgan fingerprint density at radius 2 is 1.86 bits per heavy atom. The van der Waals surface area contributed by atoms with E-state index >= 15 is 0 Å². The van der Waals surface area contributed by atoms with Gasteiger partial charge in [0.05, 0.1) is 17.5 Å². The maximum atomic E-state index is 11.7. The second-order valence-electron chi connectivity index (χ2n) is 4.48. The second kappa shape index (κ2) is 7.84. The molecule has 0 amide bonds. The van der Waals surface area contributed by atoms with Crippen LogP contribution in [-0.2, 0) is 22.6 Å². The van der Waals surface area contributed by atoms with Gasteiger partial charge in [0.2, 0.25) is 0 Å². The van der Waals surface area contributed by atoms with Crippen LogP contribution in [0.25, 0.3) is 0 Å². The number of halogens is 1. The van der Waals surface area contributed by atoms with Crippen LogP contribution in [0.15, 0.2) is 53.0 Å². The SMILES string of the molecule is CCOC(=O)Cc1cccc(Br)c1OCc1ccccc1. The van der Waals surface area contributed by atoms with Gasteiger partial charge in [-0.3, -0.25) is 4.79 Å². The van der Waals surface area contributed by atoms with Crippen molar-refractivity contribution >= 4 is 21.9 Å². The average molecular weight is 349 g/mol. The summed E-state index contributed by atoms with van der Waals surface area (Å²) in [4.78, 5) is 11.7. The van der Waals surface area contributed by atoms with Crippen molar-refractivity contribution in [3.8, 4) is 5.75 Å². The molecule has 0 aliphatic heterocycles. The third-order valence-electron chi connectivity index (χ3n) is 2.91. The van der Waals surface area contributed by atoms with Gasteiger partial charge in [-0.25, -0.2) is 0 Å². The van der Waals surface area contributed by atoms with Crippen molar-refractivity contribution in [2.75, 3.05) is 6.61 Å². The molecule has 0 saturated heterocycles. The van der Waals surface area contributed by atoms with E-state index in [1.165, 1.54) is 0 Å². The van der Waals surface area contributed by atoms with Crippen molar-refractivity contribution in [3.05, 3.63) is 64.1 Å². The molecule has 0 aliphatic carbocycles. The van der Waals surface area contributed by atoms with Gasteiger partial charge in [-0.1, -0.05) is 42.5 Å². The van der Waals surface area contributed by atoms with Gasteiger partial charge >= 0.3 is 5.97 Å². The molecule has 0 bridgehead atoms. The highest BCUT2D eigenvalue weighted by atomic mass is 79.9. The highest BCUT2D eigenvalue weighted by Crippen LogP contribution is 2.30. The molecular weight excluding hydrogens is 332 g/mol. The van der Waals surface area contributed by atoms with Gasteiger partial charge in [0.15, 0.2) is 0 Å². The number of hydrogen-bond acceptors (Lipinski definition) is 3. The quantitative estimate of drug-likeness (QED) is 0.736. The van der Waals surface area contributed by atoms with Gasteiger partial charge in [-0.15, -0.1) is 0 Å². The summed E-state index contributed by atoms with van der Waals surface area (Å²) in [6.45, 7) is 2.64. The zero-order valence-corrected chi connectivity index (χ0v) is 13.4. The Kier molecular flexibility index (Phi) is 5.81. The topological polar surface area (TPSA) is 35.5 Å². The Bertz CT molecular complexity index is 596. The summed E-state index contributed by atoms with van der Waals surface area (Å²) < 4.78 is 11.7. The van der Waals surface area contributed by atoms with Gasteiger partial charge in [0, 0.05) is 5.56 Å². The average Bonchev–Trinajstić information content (AvgIpc) is 2.48. The maximum Gasteiger partial charge on any atom is 0.310 e. The summed E-state index contributed by atoms with van der Waals surface area (Å²) >= 11 is 3.47. The standard InChI is InChI=1S/C17H17BrO3/c1-2-20-16(19)11-14-9-6-10-15(18)17(14)21-12-13-7-4-3-5-8-13/h3-10H,2,11-12H2,1H3. The smallest absolute Gasteiger partial charge is 0.310 e. The fourth-order valence-electron chi connectivity index (χ4n) is 1.95. The number of para-hydroxylation sites is 1. The first-order chi connectivity index (χ1) is 10.2. The van der Waals surface area contributed by atoms with Crippen LogP contribution in [0.2, 0.25) is 0 Å². The molecule has 2 aromatic rings. The zero-order valence-electron chi connectivity index (χ0n) is 11.8. The molecule has 0 spiro atoms. The molecule has 2 rings (SSSR count). The zero-order chi connectivity index (χ0) is 15.1. The van der Waals surface area contributed by atoms with E-state index in [0.717, 1.165) is 15.6 Å². The summed E-state index contributed by atoms with van der Waals surface area (Å²) in [5.74, 6) is 0.439. The monoisotopic (exact) mass is 348 g/mol. The lowest BCUT2D eigenvalue weighted by atomic mass is 10.1. The molecule has 21 heavy (non-hydrogen) atoms. The lowest BCUT2D eigenvalue weighted by molar-refractivity contribution is -0.142. The molecule has 0 fully saturated rings. The number of ether oxygens (including phenoxy) is 2. The number of benzene rings is 2. The number of carbonyl (C=O) groups excluding carboxylic acids is 1. The van der Waals surface area contributed by atoms with Crippen molar-refractivity contribution in [1.82, 2.24) is 0 Å². The van der Waals surface area contributed by atoms with Crippen LogP contribution < -0.4 is 4.74 Å². The Labute approximate surface area is 133 Å². The van der Waals surface area contributed by atoms with Gasteiger partial charge in [0.1, 0.15) is 12.4 Å². The van der Waals surface area contributed by atoms with E-state index < -0.39 is 0 Å². The predicted molar refractivity (Wildman–Crippen MR) is 85.3 cm³/mol. The summed E-state index contributed by atoms with van der Waals surface area (Å²) in [6.07, 6.45) is 0.206. The third kappa shape index (κ3) is 4.60. The Morgan fingerprint density at radius 1 is 1.10 bits per heavy atom. The molecule has 0 atom stereocenters. The molecule has 4 heteroatoms. The fraction of sp³-hybridized carbons (Fsp3) is 0.235. The predicted octanol–water partition coefficient (Wildman–Crippen LogP) is 4.13. The molecule has 0 radical (unpaired) electrons. The van der Waals surface area contributed by atoms with Crippen molar-refractivity contribution in [3.63, 3.8) is 0 Å². The number of hydrogen-bond donors (Lipinski definition) is 0. The maximum absolute atomic E-state index is 11.7. The third-order valence-corrected chi connectivity index (χ3v) is 3.54. The molecule has 2 aromatic carbocycles. The minimum atomic E-state index is -0.250. The molecule has 0 heterocycles. The molecule has 0 N–H and O–H groups in total. The minimum Gasteiger partial charge on any atom is -0.487 e. The summed E-state index contributed by atoms with van der Waals surface area (Å²) in [7, 11) is 0. The van der Waals surface area contributed by atoms with Crippen LogP contribution in [0.5, 0.6) is 5.75 Å². The van der Waals surface area contributed by atoms with Crippen LogP contribution in [0, 0.1) is 0 Å². The molecule has 0 aliphatic rings. The lowest BCUT2D eigenvalue weighted by Gasteiger charge is -2.13. The van der Waals surface area contributed by atoms with Crippen molar-refractivity contribution < 1.29 is 14.3 Å². The summed E-state index contributed by atoms with van der Waals surface area (Å²) in [5, 5.41) is 0. The van der Waals surface area contributed by atoms with Crippen molar-refractivity contribution in [1.29, 1.82) is 0 Å². The first kappa shape index (κ1) is 15.6. The van der Waals surface area contributed by atoms with Crippen LogP contribution in [0.3, 0.4) is 0 Å². The van der Waals surface area contributed by atoms with E-state index in [2.05, 4.69) is 15.9 Å². The van der Waals surface area contributed by atoms with Crippen LogP contribution in [0.4, 0.5) is 0 Å². The van der Waals surface area contributed by atoms with Gasteiger partial charge in [-0.2, -0.15) is 0 Å². The van der Waals surface area contributed by atoms with Gasteiger partial charge in [0.25, 0.3) is 0 Å². The van der Waals surface area contributed by atoms with Crippen molar-refractivity contribution in [2.45, 2.75) is 20.0 Å². The van der Waals surface area contributed by atoms with Crippen LogP contribution in [-0.4, -0.2) is 12.6 Å². The van der Waals surface area contributed by atoms with Crippen LogP contribution in [0.1, 0.15) is 18.1 Å². The molecule has 0 saturated carbocycles. The normalized spacial score (nSPS) is 10.2. The van der Waals surface area contributed by atoms with E-state index in [1.54, 1.807) is 6.92 Å². The van der Waals surface area contributed by atoms with E-state index in [9.17, 15) is 4.79 Å². The number of carbonyl (C=O) groups is 1. The molecule has 110 valence electrons. The Balaban J connectivity index is 2.12. The van der Waals surface area contributed by atoms with Gasteiger partial charge in [-0.05, 0) is 34.5 Å². The van der Waals surface area contributed by atoms with E-state index in [0.29, 0.717) is 19.0 Å². The Morgan fingerprint density at radius 3 is 2.57 bits per heavy atom. The highest BCUT2D eigenvalue weighted by molar-refractivity contribution is 9.10. The van der Waals surface area contributed by atoms with E-state index in [-0.39, 0.29) is 12.4 Å². The molecule has 3 nitrogen and oxygen atoms in total. The van der Waals surface area contributed by atoms with Crippen molar-refractivity contribution in [2.24, 2.45) is 0 Å². The van der Waals surface area contributed by atoms with Gasteiger partial charge < -0.3 is 9.47 Å². The summed E-state index contributed by atoms with van der Waals surface area (Å²) in [6, 6.07) is 15.6. The molecule has 0 unspecified atom stereocenters.